The highest BCUT2D eigenvalue weighted by Gasteiger charge is 2.18. The quantitative estimate of drug-likeness (QED) is 0.408. The molecule has 0 spiro atoms. The number of nitrogens with one attached hydrogen (secondary N) is 2. The Balaban J connectivity index is 1.93. The van der Waals surface area contributed by atoms with Gasteiger partial charge in [-0.25, -0.2) is 15.2 Å². The molecule has 0 unspecified atom stereocenters. The van der Waals surface area contributed by atoms with Crippen molar-refractivity contribution in [3.63, 3.8) is 0 Å². The van der Waals surface area contributed by atoms with Crippen molar-refractivity contribution in [3.8, 4) is 10.6 Å². The summed E-state index contributed by atoms with van der Waals surface area (Å²) in [6.45, 7) is 4.36. The Bertz CT molecular complexity index is 727. The minimum absolute atomic E-state index is 0.346. The lowest BCUT2D eigenvalue weighted by Gasteiger charge is -2.07. The van der Waals surface area contributed by atoms with Crippen LogP contribution in [0.3, 0.4) is 0 Å². The molecule has 0 fully saturated rings. The summed E-state index contributed by atoms with van der Waals surface area (Å²) >= 11 is 4.49. The predicted molar refractivity (Wildman–Crippen MR) is 103 cm³/mol. The van der Waals surface area contributed by atoms with Crippen molar-refractivity contribution in [3.05, 3.63) is 22.0 Å². The second-order valence-corrected chi connectivity index (χ2v) is 8.22. The molecule has 0 aromatic carbocycles. The Kier molecular flexibility index (Phi) is 7.73. The number of amides is 2. The number of thiazole rings is 1. The summed E-state index contributed by atoms with van der Waals surface area (Å²) in [5.74, 6) is -0.370. The Morgan fingerprint density at radius 1 is 1.32 bits per heavy atom. The largest absolute Gasteiger partial charge is 0.448 e. The normalized spacial score (nSPS) is 10.5. The first-order valence-corrected chi connectivity index (χ1v) is 10.8. The first-order valence-electron chi connectivity index (χ1n) is 7.88. The van der Waals surface area contributed by atoms with Crippen LogP contribution >= 0.6 is 34.4 Å². The van der Waals surface area contributed by atoms with Gasteiger partial charge in [0, 0.05) is 16.6 Å². The highest BCUT2D eigenvalue weighted by atomic mass is 32.2. The molecular weight excluding hydrogens is 378 g/mol. The number of thiophene rings is 1. The minimum Gasteiger partial charge on any atom is -0.448 e. The Morgan fingerprint density at radius 2 is 2.12 bits per heavy atom. The number of aromatic nitrogens is 1. The molecule has 2 aromatic rings. The van der Waals surface area contributed by atoms with E-state index in [0.717, 1.165) is 39.7 Å². The maximum absolute atomic E-state index is 12.2. The maximum atomic E-state index is 12.2. The van der Waals surface area contributed by atoms with Gasteiger partial charge in [-0.2, -0.15) is 0 Å². The third kappa shape index (κ3) is 5.72. The fraction of sp³-hybridized carbons (Fsp3) is 0.438. The number of nitrogens with zero attached hydrogens (tertiary/aromatic N) is 1. The average Bonchev–Trinajstić information content (AvgIpc) is 3.22. The molecule has 0 saturated heterocycles. The van der Waals surface area contributed by atoms with Crippen molar-refractivity contribution < 1.29 is 14.3 Å². The second kappa shape index (κ2) is 9.79. The molecule has 2 heterocycles. The van der Waals surface area contributed by atoms with E-state index in [0.29, 0.717) is 11.5 Å². The third-order valence-corrected chi connectivity index (χ3v) is 6.48. The van der Waals surface area contributed by atoms with Gasteiger partial charge in [0.15, 0.2) is 0 Å². The zero-order valence-corrected chi connectivity index (χ0v) is 16.8. The number of aryl methyl sites for hydroxylation is 1. The molecule has 25 heavy (non-hydrogen) atoms. The number of unbranched alkanes of at least 4 members (excludes halogenated alkanes) is 2. The molecular formula is C16H21N3O3S3. The standard InChI is InChI=1S/C16H21N3O3S3/c1-4-5-6-7-22-16(21)19-18-13(20)12-8-11(15(23-3)25-12)14-17-10(2)9-24-14/h8-9H,4-7H2,1-3H3,(H,18,20)(H,19,21). The van der Waals surface area contributed by atoms with Crippen LogP contribution in [0.1, 0.15) is 41.6 Å². The van der Waals surface area contributed by atoms with E-state index in [1.54, 1.807) is 29.2 Å². The van der Waals surface area contributed by atoms with Crippen LogP contribution < -0.4 is 10.9 Å². The Labute approximate surface area is 159 Å². The average molecular weight is 400 g/mol. The van der Waals surface area contributed by atoms with Crippen LogP contribution in [0.2, 0.25) is 0 Å². The van der Waals surface area contributed by atoms with Crippen molar-refractivity contribution in [2.45, 2.75) is 37.3 Å². The van der Waals surface area contributed by atoms with E-state index in [9.17, 15) is 9.59 Å². The summed E-state index contributed by atoms with van der Waals surface area (Å²) < 4.78 is 5.99. The van der Waals surface area contributed by atoms with Crippen molar-refractivity contribution in [1.82, 2.24) is 15.8 Å². The predicted octanol–water partition coefficient (Wildman–Crippen LogP) is 4.46. The van der Waals surface area contributed by atoms with Crippen molar-refractivity contribution in [2.75, 3.05) is 12.9 Å². The van der Waals surface area contributed by atoms with Crippen LogP contribution in [-0.2, 0) is 4.74 Å². The van der Waals surface area contributed by atoms with Gasteiger partial charge in [0.05, 0.1) is 15.7 Å². The number of thioether (sulfide) groups is 1. The highest BCUT2D eigenvalue weighted by molar-refractivity contribution is 8.00. The number of rotatable bonds is 7. The molecule has 2 rings (SSSR count). The van der Waals surface area contributed by atoms with E-state index in [4.69, 9.17) is 4.74 Å². The number of hydrazine groups is 1. The van der Waals surface area contributed by atoms with Crippen LogP contribution in [-0.4, -0.2) is 29.8 Å². The van der Waals surface area contributed by atoms with Crippen LogP contribution in [0, 0.1) is 6.92 Å². The van der Waals surface area contributed by atoms with Gasteiger partial charge < -0.3 is 4.74 Å². The first kappa shape index (κ1) is 19.7. The molecule has 2 amide bonds. The van der Waals surface area contributed by atoms with Crippen LogP contribution in [0.5, 0.6) is 0 Å². The van der Waals surface area contributed by atoms with Crippen molar-refractivity contribution >= 4 is 46.4 Å². The van der Waals surface area contributed by atoms with Gasteiger partial charge in [-0.15, -0.1) is 34.4 Å². The van der Waals surface area contributed by atoms with Crippen LogP contribution in [0.4, 0.5) is 4.79 Å². The molecule has 2 aromatic heterocycles. The highest BCUT2D eigenvalue weighted by Crippen LogP contribution is 2.38. The summed E-state index contributed by atoms with van der Waals surface area (Å²) in [5, 5.41) is 2.87. The monoisotopic (exact) mass is 399 g/mol. The number of carbonyl (C=O) groups is 2. The lowest BCUT2D eigenvalue weighted by Crippen LogP contribution is -2.41. The Morgan fingerprint density at radius 3 is 2.76 bits per heavy atom. The van der Waals surface area contributed by atoms with Gasteiger partial charge in [-0.05, 0) is 25.7 Å². The molecule has 0 radical (unpaired) electrons. The molecule has 0 aliphatic rings. The number of hydrogen-bond donors (Lipinski definition) is 2. The van der Waals surface area contributed by atoms with E-state index >= 15 is 0 Å². The topological polar surface area (TPSA) is 80.3 Å². The third-order valence-electron chi connectivity index (χ3n) is 3.22. The van der Waals surface area contributed by atoms with Crippen LogP contribution in [0.25, 0.3) is 10.6 Å². The van der Waals surface area contributed by atoms with Crippen molar-refractivity contribution in [2.24, 2.45) is 0 Å². The van der Waals surface area contributed by atoms with Gasteiger partial charge >= 0.3 is 6.09 Å². The molecule has 0 aliphatic carbocycles. The smallest absolute Gasteiger partial charge is 0.426 e. The van der Waals surface area contributed by atoms with Crippen LogP contribution in [0.15, 0.2) is 15.7 Å². The van der Waals surface area contributed by atoms with Gasteiger partial charge in [-0.1, -0.05) is 19.8 Å². The van der Waals surface area contributed by atoms with Gasteiger partial charge in [0.25, 0.3) is 5.91 Å². The minimum atomic E-state index is -0.651. The fourth-order valence-electron chi connectivity index (χ4n) is 1.99. The Hall–Kier alpha value is -1.58. The number of hydrogen-bond acceptors (Lipinski definition) is 7. The van der Waals surface area contributed by atoms with E-state index in [2.05, 4.69) is 22.8 Å². The van der Waals surface area contributed by atoms with E-state index in [1.165, 1.54) is 11.3 Å². The SMILES string of the molecule is CCCCCOC(=O)NNC(=O)c1cc(-c2nc(C)cs2)c(SC)s1. The molecule has 0 bridgehead atoms. The first-order chi connectivity index (χ1) is 12.0. The molecule has 6 nitrogen and oxygen atoms in total. The van der Waals surface area contributed by atoms with Gasteiger partial charge in [-0.3, -0.25) is 10.2 Å². The van der Waals surface area contributed by atoms with E-state index in [-0.39, 0.29) is 5.91 Å². The zero-order chi connectivity index (χ0) is 18.2. The van der Waals surface area contributed by atoms with Gasteiger partial charge in [0.1, 0.15) is 5.01 Å². The molecule has 0 aliphatic heterocycles. The molecule has 2 N–H and O–H groups in total. The summed E-state index contributed by atoms with van der Waals surface area (Å²) in [7, 11) is 0. The fourth-order valence-corrected chi connectivity index (χ4v) is 4.70. The summed E-state index contributed by atoms with van der Waals surface area (Å²) in [4.78, 5) is 28.8. The van der Waals surface area contributed by atoms with E-state index in [1.807, 2.05) is 18.6 Å². The molecule has 0 atom stereocenters. The van der Waals surface area contributed by atoms with E-state index < -0.39 is 6.09 Å². The summed E-state index contributed by atoms with van der Waals surface area (Å²) in [6.07, 6.45) is 4.19. The lowest BCUT2D eigenvalue weighted by molar-refractivity contribution is 0.0912. The lowest BCUT2D eigenvalue weighted by atomic mass is 10.3. The number of carbonyl (C=O) groups excluding carboxylic acids is 2. The van der Waals surface area contributed by atoms with Crippen molar-refractivity contribution in [1.29, 1.82) is 0 Å². The molecule has 136 valence electrons. The van der Waals surface area contributed by atoms with Gasteiger partial charge in [0.2, 0.25) is 0 Å². The molecule has 0 saturated carbocycles. The molecule has 9 heteroatoms. The summed E-state index contributed by atoms with van der Waals surface area (Å²) in [6, 6.07) is 1.80. The second-order valence-electron chi connectivity index (χ2n) is 5.23. The zero-order valence-electron chi connectivity index (χ0n) is 14.4. The maximum Gasteiger partial charge on any atom is 0.426 e. The number of ether oxygens (including phenoxy) is 1. The summed E-state index contributed by atoms with van der Waals surface area (Å²) in [5.41, 5.74) is 6.56.